The number of phenols is 2. The van der Waals surface area contributed by atoms with Crippen molar-refractivity contribution in [1.82, 2.24) is 19.9 Å². The van der Waals surface area contributed by atoms with Crippen molar-refractivity contribution >= 4 is 63.7 Å². The van der Waals surface area contributed by atoms with Crippen molar-refractivity contribution in [1.29, 1.82) is 0 Å². The zero-order valence-corrected chi connectivity index (χ0v) is 86.8. The summed E-state index contributed by atoms with van der Waals surface area (Å²) in [4.78, 5) is 40.3. The first-order chi connectivity index (χ1) is 73.1. The third kappa shape index (κ3) is 29.8. The molecule has 0 unspecified atom stereocenters. The molecule has 4 aromatic heterocycles. The molecule has 0 aliphatic rings. The number of esters is 2. The number of aliphatic hydroxyl groups excluding tert-OH is 1. The van der Waals surface area contributed by atoms with Gasteiger partial charge in [0.25, 0.3) is 0 Å². The number of hydrogen-bond donors (Lipinski definition) is 5. The molecular weight excluding hydrogens is 2000 g/mol. The van der Waals surface area contributed by atoms with Gasteiger partial charge in [0.05, 0.1) is 106 Å². The number of halogens is 3. The number of hydrogen-bond acceptors (Lipinski definition) is 23. The summed E-state index contributed by atoms with van der Waals surface area (Å²) in [5.74, 6) is 4.92. The van der Waals surface area contributed by atoms with Crippen LogP contribution >= 0.6 is 39.1 Å². The number of aromatic hydroxyl groups is 2. The fourth-order valence-electron chi connectivity index (χ4n) is 16.2. The number of aromatic nitrogens is 4. The number of aliphatic hydroxyl groups is 1. The van der Waals surface area contributed by atoms with E-state index in [0.29, 0.717) is 59.1 Å². The molecule has 0 atom stereocenters. The maximum Gasteiger partial charge on any atom is 0.488 e. The summed E-state index contributed by atoms with van der Waals surface area (Å²) in [6, 6.07) is 129. The summed E-state index contributed by atoms with van der Waals surface area (Å²) >= 11 is 14.8. The molecule has 0 amide bonds. The summed E-state index contributed by atoms with van der Waals surface area (Å²) in [6.07, 6.45) is 6.94. The zero-order chi connectivity index (χ0) is 106. The number of ether oxygens (including phenoxy) is 12. The van der Waals surface area contributed by atoms with Gasteiger partial charge in [-0.15, -0.1) is 0 Å². The first-order valence-electron chi connectivity index (χ1n) is 47.4. The molecule has 18 aromatic rings. The second-order valence-corrected chi connectivity index (χ2v) is 34.8. The van der Waals surface area contributed by atoms with Crippen molar-refractivity contribution in [2.24, 2.45) is 0 Å². The smallest absolute Gasteiger partial charge is 0.488 e. The molecule has 23 nitrogen and oxygen atoms in total. The predicted molar refractivity (Wildman–Crippen MR) is 587 cm³/mol. The third-order valence-electron chi connectivity index (χ3n) is 24.0. The third-order valence-corrected chi connectivity index (χ3v) is 25.1. The zero-order valence-electron chi connectivity index (χ0n) is 83.7. The first kappa shape index (κ1) is 111. The lowest BCUT2D eigenvalue weighted by molar-refractivity contribution is -0.00000437. The quantitative estimate of drug-likeness (QED) is 0.00823. The molecule has 0 saturated heterocycles. The van der Waals surface area contributed by atoms with Gasteiger partial charge in [-0.3, -0.25) is 9.97 Å². The van der Waals surface area contributed by atoms with Gasteiger partial charge >= 0.3 is 19.1 Å². The minimum Gasteiger partial charge on any atom is -0.508 e. The summed E-state index contributed by atoms with van der Waals surface area (Å²) < 4.78 is 68.8. The molecule has 762 valence electrons. The van der Waals surface area contributed by atoms with Gasteiger partial charge in [0, 0.05) is 41.2 Å². The van der Waals surface area contributed by atoms with Crippen LogP contribution in [0.15, 0.2) is 431 Å². The molecular formula is C123H112BBrCl2N4O19. The van der Waals surface area contributed by atoms with Crippen LogP contribution in [0.25, 0.3) is 22.5 Å². The number of carbonyl (C=O) groups excluding carboxylic acids is 2. The molecule has 4 heterocycles. The molecule has 0 radical (unpaired) electrons. The molecule has 14 aromatic carbocycles. The fourth-order valence-corrected chi connectivity index (χ4v) is 16.8. The number of rotatable bonds is 34. The van der Waals surface area contributed by atoms with Crippen LogP contribution in [0.4, 0.5) is 0 Å². The molecule has 0 saturated carbocycles. The van der Waals surface area contributed by atoms with Crippen molar-refractivity contribution < 1.29 is 91.8 Å². The minimum atomic E-state index is -1.51. The number of nitrogens with zero attached hydrogens (tertiary/aromatic N) is 4. The van der Waals surface area contributed by atoms with Crippen molar-refractivity contribution in [3.8, 4) is 74.3 Å². The van der Waals surface area contributed by atoms with E-state index < -0.39 is 23.9 Å². The molecule has 0 aliphatic heterocycles. The van der Waals surface area contributed by atoms with Crippen LogP contribution in [0, 0.1) is 0 Å². The maximum atomic E-state index is 11.9. The Morgan fingerprint density at radius 2 is 0.600 bits per heavy atom. The SMILES string of the molecule is COC(=O)c1cccc(CBr)c1.COC(=O)c1cccc(COc2cccc(-c3ccc(COC(c4ccccc4)(c4ccc(OC)cc4)c4ccc(OC)cc4)cn3)c2)c1.COc1ccc(C(OCc2ccc(-c3cccc(O)c3)nc2)(c2ccccc2)c2ccc(OC)cc2)cc1.COc1ccc(C(OCc2ccc(Cl)nc2)(c2ccccc2)c2ccc(OC)cc2)cc1.OB(O)c1cccc(O)c1.OCc1ccc(Cl)nc1. The standard InChI is InChI=1S/C42H37NO6.C33H29NO4.C27H24ClNO3.C9H9BrO2.C6H7BO3.C6H6ClNO/c1-45-37-20-16-35(17-21-37)42(34-12-5-4-6-13-34,36-18-22-38(46-2)23-19-36)49-29-31-15-24-40(43-27-31)32-10-8-14-39(26-32)48-28-30-9-7-11-33(25-30)41(44)47-3;1-36-30-16-12-27(13-17-30)33(26-8-4-3-5-9-26,28-14-18-31(37-2)19-15-28)38-23-24-11-20-32(34-22-24)25-7-6-10-29(35)21-25;1-30-24-13-9-22(10-14-24)27(21-6-4-3-5-7-21,23-11-15-25(31-2)16-12-23)32-19-20-8-17-26(28)29-18-20;1-12-9(11)8-4-2-3-7(5-8)6-10;8-6-3-1-2-5(4-6)7(9)10;7-6-2-1-5(4-9)3-8-6/h4-27H,28-29H2,1-3H3;3-22,35H,23H2,1-2H3;3-18H,19H2,1-2H3;2-5H,6H2,1H3;1-4,8-10H;1-3,9H,4H2. The topological polar surface area (TPSA) is 298 Å². The highest BCUT2D eigenvalue weighted by Gasteiger charge is 2.41. The van der Waals surface area contributed by atoms with E-state index in [9.17, 15) is 14.7 Å². The second kappa shape index (κ2) is 56.0. The lowest BCUT2D eigenvalue weighted by atomic mass is 9.80. The van der Waals surface area contributed by atoms with Gasteiger partial charge in [-0.1, -0.05) is 288 Å². The van der Waals surface area contributed by atoms with Crippen LogP contribution in [0.2, 0.25) is 10.3 Å². The summed E-state index contributed by atoms with van der Waals surface area (Å²) in [5, 5.41) is 46.1. The Morgan fingerprint density at radius 1 is 0.293 bits per heavy atom. The Labute approximate surface area is 891 Å². The highest BCUT2D eigenvalue weighted by Crippen LogP contribution is 2.47. The number of alkyl halides is 1. The Hall–Kier alpha value is -16.3. The second-order valence-electron chi connectivity index (χ2n) is 33.5. The average Bonchev–Trinajstić information content (AvgIpc) is 0.758. The Morgan fingerprint density at radius 3 is 0.900 bits per heavy atom. The number of methoxy groups -OCH3 is 8. The largest absolute Gasteiger partial charge is 0.508 e. The highest BCUT2D eigenvalue weighted by molar-refractivity contribution is 9.08. The van der Waals surface area contributed by atoms with E-state index in [-0.39, 0.29) is 30.0 Å². The lowest BCUT2D eigenvalue weighted by Gasteiger charge is -2.36. The number of pyridine rings is 4. The van der Waals surface area contributed by atoms with E-state index in [1.54, 1.807) is 122 Å². The number of benzene rings is 14. The van der Waals surface area contributed by atoms with E-state index in [4.69, 9.17) is 101 Å². The Kier molecular flexibility index (Phi) is 41.4. The molecule has 18 rings (SSSR count). The van der Waals surface area contributed by atoms with Gasteiger partial charge < -0.3 is 82.2 Å². The molecule has 5 N–H and O–H groups in total. The molecule has 0 aliphatic carbocycles. The van der Waals surface area contributed by atoms with Gasteiger partial charge in [0.15, 0.2) is 0 Å². The van der Waals surface area contributed by atoms with Gasteiger partial charge in [-0.05, 0) is 247 Å². The van der Waals surface area contributed by atoms with Gasteiger partial charge in [0.1, 0.15) is 85.5 Å². The van der Waals surface area contributed by atoms with Crippen LogP contribution in [0.3, 0.4) is 0 Å². The van der Waals surface area contributed by atoms with Gasteiger partial charge in [-0.25, -0.2) is 19.6 Å². The van der Waals surface area contributed by atoms with Crippen LogP contribution in [0.5, 0.6) is 51.7 Å². The van der Waals surface area contributed by atoms with E-state index in [2.05, 4.69) is 72.0 Å². The highest BCUT2D eigenvalue weighted by atomic mass is 79.9. The monoisotopic (exact) mass is 2110 g/mol. The molecule has 150 heavy (non-hydrogen) atoms. The molecule has 0 bridgehead atoms. The number of carbonyl (C=O) groups is 2. The average molecular weight is 2110 g/mol. The minimum absolute atomic E-state index is 0.0180. The van der Waals surface area contributed by atoms with Crippen molar-refractivity contribution in [2.75, 3.05) is 56.9 Å². The van der Waals surface area contributed by atoms with Crippen molar-refractivity contribution in [2.45, 2.75) is 55.2 Å². The fraction of sp³-hybridized carbons (Fsp3) is 0.138. The predicted octanol–water partition coefficient (Wildman–Crippen LogP) is 24.5. The Balaban J connectivity index is 0.000000165. The molecule has 0 fully saturated rings. The maximum absolute atomic E-state index is 11.9. The van der Waals surface area contributed by atoms with E-state index in [1.807, 2.05) is 298 Å². The summed E-state index contributed by atoms with van der Waals surface area (Å²) in [5.41, 5.74) is 16.4. The Bertz CT molecular complexity index is 7080. The van der Waals surface area contributed by atoms with E-state index >= 15 is 0 Å². The van der Waals surface area contributed by atoms with Gasteiger partial charge in [-0.2, -0.15) is 0 Å². The van der Waals surface area contributed by atoms with Crippen LogP contribution in [0.1, 0.15) is 104 Å². The van der Waals surface area contributed by atoms with Gasteiger partial charge in [0.2, 0.25) is 0 Å². The van der Waals surface area contributed by atoms with E-state index in [1.165, 1.54) is 32.4 Å². The van der Waals surface area contributed by atoms with Crippen molar-refractivity contribution in [3.63, 3.8) is 0 Å². The molecule has 27 heteroatoms. The summed E-state index contributed by atoms with van der Waals surface area (Å²) in [6.45, 7) is 1.29. The lowest BCUT2D eigenvalue weighted by Crippen LogP contribution is -2.32. The first-order valence-corrected chi connectivity index (χ1v) is 49.2. The molecule has 0 spiro atoms. The van der Waals surface area contributed by atoms with Crippen LogP contribution in [-0.4, -0.2) is 121 Å². The van der Waals surface area contributed by atoms with Crippen molar-refractivity contribution in [3.05, 3.63) is 536 Å². The van der Waals surface area contributed by atoms with Crippen LogP contribution in [-0.2, 0) is 78.9 Å². The van der Waals surface area contributed by atoms with E-state index in [0.717, 1.165) is 146 Å². The number of phenolic OH excluding ortho intramolecular Hbond substituents is 2. The normalized spacial score (nSPS) is 10.8. The summed E-state index contributed by atoms with van der Waals surface area (Å²) in [7, 11) is 11.2. The van der Waals surface area contributed by atoms with Crippen LogP contribution < -0.4 is 38.6 Å².